The third kappa shape index (κ3) is 19.9. The molecule has 1 fully saturated rings. The van der Waals surface area contributed by atoms with Gasteiger partial charge in [-0.05, 0) is 74.4 Å². The van der Waals surface area contributed by atoms with Crippen LogP contribution in [-0.4, -0.2) is 176 Å². The molecule has 17 N–H and O–H groups in total. The molecule has 0 spiro atoms. The van der Waals surface area contributed by atoms with Gasteiger partial charge in [-0.3, -0.25) is 47.9 Å². The number of phenols is 1. The van der Waals surface area contributed by atoms with Gasteiger partial charge in [-0.15, -0.1) is 0 Å². The lowest BCUT2D eigenvalue weighted by molar-refractivity contribution is -0.403. The summed E-state index contributed by atoms with van der Waals surface area (Å²) >= 11 is 3.10. The van der Waals surface area contributed by atoms with Crippen molar-refractivity contribution in [2.45, 2.75) is 147 Å². The molecule has 0 radical (unpaired) electrons. The largest absolute Gasteiger partial charge is 0.508 e. The predicted molar refractivity (Wildman–Crippen MR) is 284 cm³/mol. The summed E-state index contributed by atoms with van der Waals surface area (Å²) in [6.07, 6.45) is -3.02. The van der Waals surface area contributed by atoms with Gasteiger partial charge in [0.25, 0.3) is 5.91 Å². The molecule has 26 nitrogen and oxygen atoms in total. The number of nitrogens with zero attached hydrogens (tertiary/aromatic N) is 1. The number of nitrogens with one attached hydrogen (secondary N) is 8. The zero-order valence-corrected chi connectivity index (χ0v) is 45.6. The number of aromatic hydroxyl groups is 1. The van der Waals surface area contributed by atoms with E-state index < -0.39 is 156 Å². The van der Waals surface area contributed by atoms with Crippen molar-refractivity contribution in [1.29, 1.82) is 0 Å². The Hall–Kier alpha value is -7.36. The van der Waals surface area contributed by atoms with Crippen LogP contribution in [-0.2, 0) is 78.2 Å². The van der Waals surface area contributed by atoms with Crippen LogP contribution in [0.5, 0.6) is 5.75 Å². The monoisotopic (exact) mass is 1120 g/mol. The van der Waals surface area contributed by atoms with E-state index in [1.54, 1.807) is 58.0 Å². The normalized spacial score (nSPS) is 17.4. The van der Waals surface area contributed by atoms with Crippen molar-refractivity contribution < 1.29 is 78.9 Å². The number of amides is 10. The minimum atomic E-state index is -1.82. The van der Waals surface area contributed by atoms with E-state index in [9.17, 15) is 73.2 Å². The lowest BCUT2D eigenvalue weighted by atomic mass is 9.96. The van der Waals surface area contributed by atoms with Crippen LogP contribution < -0.4 is 54.0 Å². The second kappa shape index (κ2) is 31.1. The van der Waals surface area contributed by atoms with E-state index in [1.807, 2.05) is 0 Å². The molecule has 0 unspecified atom stereocenters. The molecule has 0 saturated carbocycles. The Morgan fingerprint density at radius 1 is 0.667 bits per heavy atom. The number of aliphatic hydroxyl groups is 2. The van der Waals surface area contributed by atoms with Crippen LogP contribution in [0.15, 0.2) is 54.6 Å². The number of primary amides is 1. The van der Waals surface area contributed by atoms with Crippen molar-refractivity contribution in [3.63, 3.8) is 0 Å². The van der Waals surface area contributed by atoms with Gasteiger partial charge in [-0.25, -0.2) is 4.79 Å². The summed E-state index contributed by atoms with van der Waals surface area (Å²) in [5, 5.41) is 60.2. The van der Waals surface area contributed by atoms with Crippen LogP contribution in [0.2, 0.25) is 0 Å². The van der Waals surface area contributed by atoms with Gasteiger partial charge < -0.3 is 79.3 Å². The molecule has 12 atom stereocenters. The third-order valence-corrected chi connectivity index (χ3v) is 13.4. The zero-order valence-electron chi connectivity index (χ0n) is 44.6. The number of aliphatic carboxylic acids is 1. The van der Waals surface area contributed by atoms with Gasteiger partial charge in [0.15, 0.2) is 12.1 Å². The molecule has 3 rings (SSSR count). The Morgan fingerprint density at radius 3 is 1.76 bits per heavy atom. The van der Waals surface area contributed by atoms with Crippen molar-refractivity contribution in [2.24, 2.45) is 17.6 Å². The number of carbonyl (C=O) groups excluding carboxylic acids is 10. The third-order valence-electron chi connectivity index (χ3n) is 13.0. The lowest BCUT2D eigenvalue weighted by Gasteiger charge is -2.31. The first-order valence-electron chi connectivity index (χ1n) is 25.6. The average molecular weight is 1120 g/mol. The number of nitrogens with two attached hydrogens (primary N) is 1. The standard InChI is InChI=1S/C51H75N11O15S/c1-7-26(4)40(60-44(69)33(22-37(53)66)55-43(68)32(52)20-29-12-9-8-10-13-29)47(72)59-39(25(2)3)46(71)54-23-38(67)58-41(27(5)63)49(74)61-42(28(6)64)48(73)56-34(21-30-15-17-31(65)18-16-30)50(75)62-19-11-14-36(62)45(70)57-35(24-78)51(76)77/h8-10,12-13,15-18,25-28,32-36,39-42,63-65,78H,7,11,14,19-24,52H2,1-6H3,(H2,53,66)(H,54,71)(H,55,68)(H,56,73)(H,57,70)(H,58,67)(H,59,72)(H,60,69)(H,61,74)(H,76,77)/p+2/t26-,27+,28+,32-,33-,34-,35-,36-,39-,40-,41-,42-/m0/s1. The minimum absolute atomic E-state index is 0.0568. The molecule has 78 heavy (non-hydrogen) atoms. The van der Waals surface area contributed by atoms with Crippen LogP contribution in [0.3, 0.4) is 0 Å². The van der Waals surface area contributed by atoms with E-state index in [2.05, 4.69) is 60.9 Å². The van der Waals surface area contributed by atoms with E-state index in [0.29, 0.717) is 18.4 Å². The van der Waals surface area contributed by atoms with Gasteiger partial charge in [0.2, 0.25) is 53.2 Å². The summed E-state index contributed by atoms with van der Waals surface area (Å²) in [6.45, 7) is 8.10. The highest BCUT2D eigenvalue weighted by Crippen LogP contribution is 2.21. The first kappa shape index (κ1) is 64.9. The number of hydrogen-bond acceptors (Lipinski definition) is 14. The molecule has 2 aromatic carbocycles. The molecule has 430 valence electrons. The molecule has 0 aliphatic carbocycles. The van der Waals surface area contributed by atoms with E-state index in [4.69, 9.17) is 5.73 Å². The lowest BCUT2D eigenvalue weighted by Crippen LogP contribution is -2.70. The predicted octanol–water partition coefficient (Wildman–Crippen LogP) is -5.28. The summed E-state index contributed by atoms with van der Waals surface area (Å²) in [5.41, 5.74) is 10.5. The van der Waals surface area contributed by atoms with Crippen LogP contribution in [0.1, 0.15) is 78.4 Å². The first-order chi connectivity index (χ1) is 36.7. The minimum Gasteiger partial charge on any atom is -0.508 e. The van der Waals surface area contributed by atoms with Crippen LogP contribution in [0.25, 0.3) is 0 Å². The molecule has 10 amide bonds. The number of likely N-dealkylation sites (tertiary alicyclic amines) is 1. The SMILES string of the molecule is CC[C@H](C)[C@H](NC(=O)[C@H](CC(N)=O)NC(=O)[C@@H]([NH3+])Cc1ccccc1)C(=O)N[C@H](C(=O)NCC(=O)N[C@H](C(=O)N[C@H](C(=O)N[C@@H](Cc1ccc(O)cc1)C(=O)N1CCC[C@H]1C(=O)N[C@@H](C[SH2+])C(=O)O)[C@@H](C)O)[C@@H](C)O)C(C)C. The number of phenolic OH excluding ortho intramolecular Hbond substituents is 1. The van der Waals surface area contributed by atoms with Crippen LogP contribution in [0, 0.1) is 11.8 Å². The molecule has 0 bridgehead atoms. The Bertz CT molecular complexity index is 2430. The Balaban J connectivity index is 1.72. The van der Waals surface area contributed by atoms with Gasteiger partial charge in [-0.2, -0.15) is 0 Å². The van der Waals surface area contributed by atoms with E-state index in [-0.39, 0.29) is 37.3 Å². The number of hydrogen-bond donors (Lipinski definition) is 14. The summed E-state index contributed by atoms with van der Waals surface area (Å²) in [5.74, 6) is -11.7. The van der Waals surface area contributed by atoms with E-state index in [0.717, 1.165) is 19.4 Å². The summed E-state index contributed by atoms with van der Waals surface area (Å²) in [7, 11) is 0. The Morgan fingerprint density at radius 2 is 1.21 bits per heavy atom. The Kier molecular flexibility index (Phi) is 25.9. The van der Waals surface area contributed by atoms with Crippen molar-refractivity contribution in [3.05, 3.63) is 65.7 Å². The molecular weight excluding hydrogens is 1040 g/mol. The van der Waals surface area contributed by atoms with Crippen molar-refractivity contribution in [2.75, 3.05) is 18.8 Å². The highest BCUT2D eigenvalue weighted by atomic mass is 32.1. The topological polar surface area (TPSA) is 422 Å². The average Bonchev–Trinajstić information content (AvgIpc) is 3.88. The smallest absolute Gasteiger partial charge is 0.331 e. The molecule has 1 saturated heterocycles. The maximum absolute atomic E-state index is 14.2. The molecule has 2 aromatic rings. The molecule has 1 heterocycles. The second-order valence-electron chi connectivity index (χ2n) is 19.7. The van der Waals surface area contributed by atoms with Gasteiger partial charge in [0.1, 0.15) is 53.8 Å². The molecule has 1 aliphatic rings. The Labute approximate surface area is 457 Å². The number of carboxylic acids is 1. The maximum Gasteiger partial charge on any atom is 0.331 e. The molecule has 27 heteroatoms. The summed E-state index contributed by atoms with van der Waals surface area (Å²) < 4.78 is 0. The fourth-order valence-electron chi connectivity index (χ4n) is 8.28. The zero-order chi connectivity index (χ0) is 58.6. The van der Waals surface area contributed by atoms with Gasteiger partial charge in [0.05, 0.1) is 25.2 Å². The number of aliphatic hydroxyl groups excluding tert-OH is 2. The van der Waals surface area contributed by atoms with E-state index in [1.165, 1.54) is 29.2 Å². The highest BCUT2D eigenvalue weighted by Gasteiger charge is 2.41. The summed E-state index contributed by atoms with van der Waals surface area (Å²) in [4.78, 5) is 148. The van der Waals surface area contributed by atoms with Gasteiger partial charge in [0, 0.05) is 19.4 Å². The number of quaternary nitrogens is 1. The van der Waals surface area contributed by atoms with E-state index >= 15 is 0 Å². The van der Waals surface area contributed by atoms with Gasteiger partial charge >= 0.3 is 5.97 Å². The number of rotatable bonds is 30. The maximum atomic E-state index is 14.2. The fraction of sp³-hybridized carbons (Fsp3) is 0.549. The van der Waals surface area contributed by atoms with Crippen molar-refractivity contribution in [3.8, 4) is 5.75 Å². The quantitative estimate of drug-likeness (QED) is 0.0325. The second-order valence-corrected chi connectivity index (χ2v) is 20.1. The van der Waals surface area contributed by atoms with Crippen molar-refractivity contribution >= 4 is 77.7 Å². The number of carboxylic acid groups (broad SMARTS) is 1. The number of carbonyl (C=O) groups is 11. The molecular formula is C51H77N11O15S+2. The first-order valence-corrected chi connectivity index (χ1v) is 26.3. The fourth-order valence-corrected chi connectivity index (χ4v) is 8.56. The van der Waals surface area contributed by atoms with Gasteiger partial charge in [-0.1, -0.05) is 76.6 Å². The number of benzene rings is 2. The van der Waals surface area contributed by atoms with Crippen LogP contribution >= 0.6 is 0 Å². The summed E-state index contributed by atoms with van der Waals surface area (Å²) in [6, 6.07) is 2.14. The van der Waals surface area contributed by atoms with Crippen molar-refractivity contribution in [1.82, 2.24) is 47.4 Å². The highest BCUT2D eigenvalue weighted by molar-refractivity contribution is 7.58. The molecule has 1 aliphatic heterocycles. The van der Waals surface area contributed by atoms with Crippen LogP contribution in [0.4, 0.5) is 0 Å². The molecule has 0 aromatic heterocycles.